The SMILES string of the molecule is CN(C)Cc1cc[cH-]c1.[Fe+2].c1ccc([Si](c2ccccc2)(c2ccccc2)c2cc[cH-]c2)cc1. The van der Waals surface area contributed by atoms with Crippen molar-refractivity contribution in [2.75, 3.05) is 14.1 Å². The van der Waals surface area contributed by atoms with E-state index in [2.05, 4.69) is 159 Å². The fourth-order valence-corrected chi connectivity index (χ4v) is 9.34. The van der Waals surface area contributed by atoms with Crippen LogP contribution in [0.1, 0.15) is 5.56 Å². The molecular formula is C31H31FeNSi. The molecule has 0 aliphatic heterocycles. The smallest absolute Gasteiger partial charge is 0.317 e. The van der Waals surface area contributed by atoms with Crippen molar-refractivity contribution in [3.05, 3.63) is 145 Å². The van der Waals surface area contributed by atoms with E-state index >= 15 is 0 Å². The Bertz CT molecular complexity index is 1090. The van der Waals surface area contributed by atoms with Crippen LogP contribution in [-0.2, 0) is 23.6 Å². The van der Waals surface area contributed by atoms with Crippen molar-refractivity contribution >= 4 is 28.8 Å². The molecule has 0 aliphatic rings. The maximum atomic E-state index is 2.29. The Hall–Kier alpha value is -2.94. The fraction of sp³-hybridized carbons (Fsp3) is 0.0968. The molecule has 0 radical (unpaired) electrons. The topological polar surface area (TPSA) is 3.24 Å². The van der Waals surface area contributed by atoms with Crippen molar-refractivity contribution in [3.8, 4) is 0 Å². The van der Waals surface area contributed by atoms with Crippen LogP contribution in [0.4, 0.5) is 0 Å². The van der Waals surface area contributed by atoms with Crippen LogP contribution in [0.3, 0.4) is 0 Å². The van der Waals surface area contributed by atoms with Gasteiger partial charge in [0.1, 0.15) is 8.07 Å². The van der Waals surface area contributed by atoms with E-state index in [1.165, 1.54) is 26.3 Å². The van der Waals surface area contributed by atoms with Crippen LogP contribution in [0.15, 0.2) is 140 Å². The Morgan fingerprint density at radius 1 is 0.559 bits per heavy atom. The third kappa shape index (κ3) is 5.75. The molecule has 0 saturated carbocycles. The van der Waals surface area contributed by atoms with Gasteiger partial charge >= 0.3 is 17.1 Å². The van der Waals surface area contributed by atoms with Crippen molar-refractivity contribution < 1.29 is 17.1 Å². The standard InChI is InChI=1S/C23H19Si.C8H12N.Fe/c1-4-12-20(13-5-1)24(23-18-10-11-19-23,21-14-6-2-7-15-21)22-16-8-3-9-17-22;1-9(2)7-8-5-3-4-6-8;/h1-19H;3-6H,7H2,1-2H3;/q2*-1;+2. The summed E-state index contributed by atoms with van der Waals surface area (Å²) in [6, 6.07) is 50.3. The first-order valence-corrected chi connectivity index (χ1v) is 13.5. The maximum absolute atomic E-state index is 2.29. The van der Waals surface area contributed by atoms with E-state index in [0.717, 1.165) is 6.54 Å². The number of nitrogens with zero attached hydrogens (tertiary/aromatic N) is 1. The molecule has 0 spiro atoms. The minimum absolute atomic E-state index is 0. The van der Waals surface area contributed by atoms with Gasteiger partial charge in [0.15, 0.2) is 0 Å². The van der Waals surface area contributed by atoms with Gasteiger partial charge in [0.2, 0.25) is 0 Å². The minimum Gasteiger partial charge on any atom is -0.317 e. The summed E-state index contributed by atoms with van der Waals surface area (Å²) in [4.78, 5) is 2.16. The molecule has 0 aromatic heterocycles. The van der Waals surface area contributed by atoms with Crippen LogP contribution in [0, 0.1) is 0 Å². The molecule has 0 bridgehead atoms. The molecule has 0 saturated heterocycles. The van der Waals surface area contributed by atoms with E-state index < -0.39 is 8.07 Å². The maximum Gasteiger partial charge on any atom is 2.00 e. The zero-order chi connectivity index (χ0) is 22.9. The second kappa shape index (κ2) is 12.5. The average Bonchev–Trinajstić information content (AvgIpc) is 3.57. The van der Waals surface area contributed by atoms with E-state index in [9.17, 15) is 0 Å². The second-order valence-electron chi connectivity index (χ2n) is 8.55. The molecule has 0 N–H and O–H groups in total. The Morgan fingerprint density at radius 2 is 1.00 bits per heavy atom. The average molecular weight is 502 g/mol. The van der Waals surface area contributed by atoms with Gasteiger partial charge in [0.25, 0.3) is 0 Å². The van der Waals surface area contributed by atoms with E-state index in [1.54, 1.807) is 0 Å². The van der Waals surface area contributed by atoms with Crippen LogP contribution in [-0.4, -0.2) is 27.1 Å². The largest absolute Gasteiger partial charge is 2.00 e. The summed E-state index contributed by atoms with van der Waals surface area (Å²) in [6.07, 6.45) is 0. The molecule has 5 aromatic rings. The molecule has 0 heterocycles. The molecule has 1 nitrogen and oxygen atoms in total. The molecule has 3 heteroatoms. The molecule has 0 fully saturated rings. The summed E-state index contributed by atoms with van der Waals surface area (Å²) in [5, 5.41) is 5.71. The van der Waals surface area contributed by atoms with Gasteiger partial charge in [0.05, 0.1) is 0 Å². The van der Waals surface area contributed by atoms with Crippen molar-refractivity contribution in [2.45, 2.75) is 6.54 Å². The summed E-state index contributed by atoms with van der Waals surface area (Å²) in [5.41, 5.74) is 1.39. The number of rotatable bonds is 6. The summed E-state index contributed by atoms with van der Waals surface area (Å²) >= 11 is 0. The fourth-order valence-electron chi connectivity index (χ4n) is 4.57. The Kier molecular flexibility index (Phi) is 9.44. The van der Waals surface area contributed by atoms with Gasteiger partial charge in [0, 0.05) is 0 Å². The predicted octanol–water partition coefficient (Wildman–Crippen LogP) is 4.25. The van der Waals surface area contributed by atoms with Crippen molar-refractivity contribution in [3.63, 3.8) is 0 Å². The number of hydrogen-bond donors (Lipinski definition) is 0. The first-order chi connectivity index (χ1) is 16.2. The van der Waals surface area contributed by atoms with Gasteiger partial charge in [-0.15, -0.1) is 0 Å². The predicted molar refractivity (Wildman–Crippen MR) is 145 cm³/mol. The molecule has 0 atom stereocenters. The monoisotopic (exact) mass is 501 g/mol. The Labute approximate surface area is 215 Å². The van der Waals surface area contributed by atoms with E-state index in [-0.39, 0.29) is 17.1 Å². The summed E-state index contributed by atoms with van der Waals surface area (Å²) in [6.45, 7) is 1.05. The van der Waals surface area contributed by atoms with Crippen LogP contribution in [0.5, 0.6) is 0 Å². The zero-order valence-corrected chi connectivity index (χ0v) is 21.9. The molecule has 0 amide bonds. The molecule has 34 heavy (non-hydrogen) atoms. The minimum atomic E-state index is -2.25. The van der Waals surface area contributed by atoms with Gasteiger partial charge in [-0.25, -0.2) is 12.1 Å². The Morgan fingerprint density at radius 3 is 1.35 bits per heavy atom. The zero-order valence-electron chi connectivity index (χ0n) is 19.8. The Balaban J connectivity index is 0.000000275. The third-order valence-corrected chi connectivity index (χ3v) is 10.7. The van der Waals surface area contributed by atoms with Crippen LogP contribution < -0.4 is 20.7 Å². The molecule has 5 aromatic carbocycles. The van der Waals surface area contributed by atoms with Crippen LogP contribution in [0.25, 0.3) is 0 Å². The van der Waals surface area contributed by atoms with E-state index in [0.29, 0.717) is 0 Å². The first kappa shape index (κ1) is 25.7. The molecular weight excluding hydrogens is 470 g/mol. The van der Waals surface area contributed by atoms with Crippen LogP contribution in [0.2, 0.25) is 0 Å². The quantitative estimate of drug-likeness (QED) is 0.191. The third-order valence-electron chi connectivity index (χ3n) is 5.95. The summed E-state index contributed by atoms with van der Waals surface area (Å²) < 4.78 is 0. The van der Waals surface area contributed by atoms with Gasteiger partial charge in [-0.3, -0.25) is 0 Å². The number of benzene rings is 3. The van der Waals surface area contributed by atoms with E-state index in [4.69, 9.17) is 0 Å². The van der Waals surface area contributed by atoms with Crippen molar-refractivity contribution in [2.24, 2.45) is 0 Å². The van der Waals surface area contributed by atoms with Crippen molar-refractivity contribution in [1.29, 1.82) is 0 Å². The first-order valence-electron chi connectivity index (χ1n) is 11.5. The van der Waals surface area contributed by atoms with Crippen LogP contribution >= 0.6 is 0 Å². The van der Waals surface area contributed by atoms with Gasteiger partial charge in [-0.2, -0.15) is 47.1 Å². The second-order valence-corrected chi connectivity index (χ2v) is 12.4. The summed E-state index contributed by atoms with van der Waals surface area (Å²) in [7, 11) is 1.91. The molecule has 5 rings (SSSR count). The molecule has 0 aliphatic carbocycles. The molecule has 172 valence electrons. The molecule has 0 unspecified atom stereocenters. The van der Waals surface area contributed by atoms with Crippen molar-refractivity contribution in [1.82, 2.24) is 4.90 Å². The van der Waals surface area contributed by atoms with Gasteiger partial charge in [-0.1, -0.05) is 107 Å². The summed E-state index contributed by atoms with van der Waals surface area (Å²) in [5.74, 6) is 0. The normalized spacial score (nSPS) is 10.8. The van der Waals surface area contributed by atoms with Gasteiger partial charge in [-0.05, 0) is 20.6 Å². The number of hydrogen-bond acceptors (Lipinski definition) is 1. The van der Waals surface area contributed by atoms with Gasteiger partial charge < -0.3 is 4.90 Å². The van der Waals surface area contributed by atoms with E-state index in [1.807, 2.05) is 0 Å².